The fourth-order valence-corrected chi connectivity index (χ4v) is 2.27. The van der Waals surface area contributed by atoms with Gasteiger partial charge < -0.3 is 10.1 Å². The Morgan fingerprint density at radius 2 is 1.92 bits per heavy atom. The van der Waals surface area contributed by atoms with Gasteiger partial charge in [0.2, 0.25) is 0 Å². The van der Waals surface area contributed by atoms with E-state index >= 15 is 0 Å². The van der Waals surface area contributed by atoms with E-state index in [2.05, 4.69) is 5.32 Å². The third-order valence-corrected chi connectivity index (χ3v) is 3.46. The number of carbonyl (C=O) groups is 1. The largest absolute Gasteiger partial charge is 0.496 e. The van der Waals surface area contributed by atoms with Crippen LogP contribution in [0.4, 0.5) is 17.6 Å². The second kappa shape index (κ2) is 7.09. The maximum absolute atomic E-state index is 13.1. The van der Waals surface area contributed by atoms with Crippen molar-refractivity contribution in [2.75, 3.05) is 7.11 Å². The monoisotopic (exact) mass is 361 g/mol. The number of benzene rings is 2. The zero-order chi connectivity index (χ0) is 17.9. The van der Waals surface area contributed by atoms with Crippen molar-refractivity contribution >= 4 is 17.5 Å². The minimum absolute atomic E-state index is 0.0840. The topological polar surface area (TPSA) is 38.3 Å². The van der Waals surface area contributed by atoms with Gasteiger partial charge in [-0.05, 0) is 35.9 Å². The number of hydrogen-bond donors (Lipinski definition) is 1. The van der Waals surface area contributed by atoms with Crippen molar-refractivity contribution in [1.82, 2.24) is 5.32 Å². The predicted molar refractivity (Wildman–Crippen MR) is 80.6 cm³/mol. The standard InChI is InChI=1S/C16H12ClF4NO2/c1-24-14-5-3-10(17)6-12(14)15(23)22-8-9-2-4-11(18)7-13(9)16(19,20)21/h2-7H,8H2,1H3,(H,22,23). The minimum Gasteiger partial charge on any atom is -0.496 e. The number of halogens is 5. The lowest BCUT2D eigenvalue weighted by molar-refractivity contribution is -0.138. The van der Waals surface area contributed by atoms with Crippen LogP contribution in [-0.2, 0) is 12.7 Å². The summed E-state index contributed by atoms with van der Waals surface area (Å²) in [4.78, 5) is 12.2. The molecular formula is C16H12ClF4NO2. The molecule has 0 spiro atoms. The van der Waals surface area contributed by atoms with Gasteiger partial charge in [0.1, 0.15) is 11.6 Å². The third kappa shape index (κ3) is 4.17. The molecule has 0 saturated heterocycles. The molecule has 0 saturated carbocycles. The van der Waals surface area contributed by atoms with Gasteiger partial charge in [-0.3, -0.25) is 4.79 Å². The lowest BCUT2D eigenvalue weighted by atomic mass is 10.1. The average Bonchev–Trinajstić information content (AvgIpc) is 2.52. The Balaban J connectivity index is 2.23. The molecule has 0 unspecified atom stereocenters. The zero-order valence-electron chi connectivity index (χ0n) is 12.4. The first-order valence-electron chi connectivity index (χ1n) is 6.69. The van der Waals surface area contributed by atoms with E-state index in [0.29, 0.717) is 6.07 Å². The summed E-state index contributed by atoms with van der Waals surface area (Å²) in [6.45, 7) is -0.427. The number of hydrogen-bond acceptors (Lipinski definition) is 2. The molecule has 0 aromatic heterocycles. The molecule has 0 aliphatic heterocycles. The second-order valence-electron chi connectivity index (χ2n) is 4.83. The van der Waals surface area contributed by atoms with Crippen LogP contribution in [0.1, 0.15) is 21.5 Å². The normalized spacial score (nSPS) is 11.2. The molecule has 0 aliphatic rings. The molecule has 2 aromatic rings. The lowest BCUT2D eigenvalue weighted by Gasteiger charge is -2.14. The number of rotatable bonds is 4. The Bertz CT molecular complexity index is 762. The second-order valence-corrected chi connectivity index (χ2v) is 5.26. The highest BCUT2D eigenvalue weighted by molar-refractivity contribution is 6.31. The summed E-state index contributed by atoms with van der Waals surface area (Å²) in [6.07, 6.45) is -4.73. The van der Waals surface area contributed by atoms with Gasteiger partial charge in [0.05, 0.1) is 18.2 Å². The molecule has 2 rings (SSSR count). The third-order valence-electron chi connectivity index (χ3n) is 3.22. The van der Waals surface area contributed by atoms with Crippen molar-refractivity contribution in [1.29, 1.82) is 0 Å². The molecule has 24 heavy (non-hydrogen) atoms. The van der Waals surface area contributed by atoms with Crippen LogP contribution in [-0.4, -0.2) is 13.0 Å². The van der Waals surface area contributed by atoms with Crippen LogP contribution in [0.2, 0.25) is 5.02 Å². The molecule has 0 radical (unpaired) electrons. The van der Waals surface area contributed by atoms with Gasteiger partial charge in [-0.15, -0.1) is 0 Å². The van der Waals surface area contributed by atoms with Crippen LogP contribution >= 0.6 is 11.6 Å². The van der Waals surface area contributed by atoms with Crippen molar-refractivity contribution in [3.05, 3.63) is 63.9 Å². The Labute approximate surface area is 140 Å². The van der Waals surface area contributed by atoms with Gasteiger partial charge in [-0.1, -0.05) is 17.7 Å². The number of nitrogens with one attached hydrogen (secondary N) is 1. The van der Waals surface area contributed by atoms with Crippen molar-refractivity contribution < 1.29 is 27.1 Å². The highest BCUT2D eigenvalue weighted by atomic mass is 35.5. The first kappa shape index (κ1) is 18.1. The Morgan fingerprint density at radius 1 is 1.21 bits per heavy atom. The van der Waals surface area contributed by atoms with Crippen molar-refractivity contribution in [3.8, 4) is 5.75 Å². The fraction of sp³-hybridized carbons (Fsp3) is 0.188. The molecule has 8 heteroatoms. The molecule has 1 N–H and O–H groups in total. The first-order chi connectivity index (χ1) is 11.2. The molecule has 2 aromatic carbocycles. The van der Waals surface area contributed by atoms with E-state index in [0.717, 1.165) is 12.1 Å². The molecular weight excluding hydrogens is 350 g/mol. The van der Waals surface area contributed by atoms with Gasteiger partial charge >= 0.3 is 6.18 Å². The SMILES string of the molecule is COc1ccc(Cl)cc1C(=O)NCc1ccc(F)cc1C(F)(F)F. The minimum atomic E-state index is -4.73. The summed E-state index contributed by atoms with van der Waals surface area (Å²) in [5.41, 5.74) is -1.31. The van der Waals surface area contributed by atoms with Crippen molar-refractivity contribution in [2.45, 2.75) is 12.7 Å². The summed E-state index contributed by atoms with van der Waals surface area (Å²) in [5, 5.41) is 2.63. The van der Waals surface area contributed by atoms with E-state index in [1.165, 1.54) is 25.3 Å². The molecule has 0 aliphatic carbocycles. The van der Waals surface area contributed by atoms with Crippen LogP contribution in [0, 0.1) is 5.82 Å². The maximum Gasteiger partial charge on any atom is 0.416 e. The first-order valence-corrected chi connectivity index (χ1v) is 7.07. The van der Waals surface area contributed by atoms with E-state index < -0.39 is 30.0 Å². The summed E-state index contributed by atoms with van der Waals surface area (Å²) >= 11 is 5.81. The van der Waals surface area contributed by atoms with E-state index in [1.54, 1.807) is 0 Å². The van der Waals surface area contributed by atoms with Gasteiger partial charge in [0, 0.05) is 11.6 Å². The number of carbonyl (C=O) groups excluding carboxylic acids is 1. The number of methoxy groups -OCH3 is 1. The van der Waals surface area contributed by atoms with Gasteiger partial charge in [-0.25, -0.2) is 4.39 Å². The molecule has 1 amide bonds. The quantitative estimate of drug-likeness (QED) is 0.818. The van der Waals surface area contributed by atoms with Crippen LogP contribution in [0.5, 0.6) is 5.75 Å². The summed E-state index contributed by atoms with van der Waals surface area (Å²) < 4.78 is 56.9. The number of ether oxygens (including phenoxy) is 1. The summed E-state index contributed by atoms with van der Waals surface area (Å²) in [5.74, 6) is -1.44. The Kier molecular flexibility index (Phi) is 5.33. The van der Waals surface area contributed by atoms with Gasteiger partial charge in [0.15, 0.2) is 0 Å². The molecule has 3 nitrogen and oxygen atoms in total. The Hall–Kier alpha value is -2.28. The van der Waals surface area contributed by atoms with Crippen LogP contribution < -0.4 is 10.1 Å². The average molecular weight is 362 g/mol. The molecule has 128 valence electrons. The van der Waals surface area contributed by atoms with Crippen molar-refractivity contribution in [2.24, 2.45) is 0 Å². The number of amides is 1. The van der Waals surface area contributed by atoms with E-state index in [4.69, 9.17) is 16.3 Å². The summed E-state index contributed by atoms with van der Waals surface area (Å²) in [6, 6.07) is 6.59. The van der Waals surface area contributed by atoms with Crippen molar-refractivity contribution in [3.63, 3.8) is 0 Å². The van der Waals surface area contributed by atoms with E-state index in [-0.39, 0.29) is 21.9 Å². The van der Waals surface area contributed by atoms with E-state index in [1.807, 2.05) is 0 Å². The smallest absolute Gasteiger partial charge is 0.416 e. The van der Waals surface area contributed by atoms with Gasteiger partial charge in [-0.2, -0.15) is 13.2 Å². The van der Waals surface area contributed by atoms with Crippen LogP contribution in [0.15, 0.2) is 36.4 Å². The number of alkyl halides is 3. The highest BCUT2D eigenvalue weighted by Gasteiger charge is 2.33. The molecule has 0 fully saturated rings. The maximum atomic E-state index is 13.1. The predicted octanol–water partition coefficient (Wildman–Crippen LogP) is 4.44. The zero-order valence-corrected chi connectivity index (χ0v) is 13.1. The summed E-state index contributed by atoms with van der Waals surface area (Å²) in [7, 11) is 1.35. The van der Waals surface area contributed by atoms with Crippen LogP contribution in [0.3, 0.4) is 0 Å². The molecule has 0 atom stereocenters. The molecule has 0 heterocycles. The van der Waals surface area contributed by atoms with E-state index in [9.17, 15) is 22.4 Å². The fourth-order valence-electron chi connectivity index (χ4n) is 2.10. The molecule has 0 bridgehead atoms. The highest BCUT2D eigenvalue weighted by Crippen LogP contribution is 2.32. The Morgan fingerprint density at radius 3 is 2.54 bits per heavy atom. The lowest BCUT2D eigenvalue weighted by Crippen LogP contribution is -2.25. The van der Waals surface area contributed by atoms with Crippen LogP contribution in [0.25, 0.3) is 0 Å². The van der Waals surface area contributed by atoms with Gasteiger partial charge in [0.25, 0.3) is 5.91 Å².